The van der Waals surface area contributed by atoms with E-state index in [1.807, 2.05) is 18.2 Å². The number of benzene rings is 2. The highest BCUT2D eigenvalue weighted by molar-refractivity contribution is 7.80. The number of fused-ring (bicyclic) bond motifs is 1. The topological polar surface area (TPSA) is 36.4 Å². The van der Waals surface area contributed by atoms with Crippen LogP contribution in [0.15, 0.2) is 59.7 Å². The molecule has 0 fully saturated rings. The second kappa shape index (κ2) is 7.18. The molecule has 3 rings (SSSR count). The van der Waals surface area contributed by atoms with Gasteiger partial charge in [0.1, 0.15) is 0 Å². The van der Waals surface area contributed by atoms with Gasteiger partial charge < -0.3 is 5.32 Å². The molecule has 1 aliphatic carbocycles. The number of rotatable bonds is 3. The van der Waals surface area contributed by atoms with Crippen molar-refractivity contribution < 1.29 is 0 Å². The van der Waals surface area contributed by atoms with Gasteiger partial charge in [0.05, 0.1) is 0 Å². The highest BCUT2D eigenvalue weighted by Crippen LogP contribution is 2.18. The van der Waals surface area contributed by atoms with E-state index in [1.54, 1.807) is 0 Å². The Kier molecular flexibility index (Phi) is 4.81. The molecule has 0 bridgehead atoms. The molecule has 4 heteroatoms. The first-order valence-corrected chi connectivity index (χ1v) is 7.92. The van der Waals surface area contributed by atoms with Crippen LogP contribution in [-0.2, 0) is 19.4 Å². The van der Waals surface area contributed by atoms with Crippen molar-refractivity contribution in [3.63, 3.8) is 0 Å². The molecule has 0 saturated carbocycles. The summed E-state index contributed by atoms with van der Waals surface area (Å²) in [5, 5.41) is 8.19. The van der Waals surface area contributed by atoms with Gasteiger partial charge in [-0.05, 0) is 41.7 Å². The van der Waals surface area contributed by atoms with Crippen LogP contribution in [-0.4, -0.2) is 10.8 Å². The van der Waals surface area contributed by atoms with Gasteiger partial charge in [0.25, 0.3) is 0 Å². The van der Waals surface area contributed by atoms with Gasteiger partial charge in [-0.2, -0.15) is 5.10 Å². The van der Waals surface area contributed by atoms with E-state index in [9.17, 15) is 0 Å². The van der Waals surface area contributed by atoms with E-state index in [1.165, 1.54) is 16.7 Å². The number of aryl methyl sites for hydroxylation is 1. The van der Waals surface area contributed by atoms with Crippen molar-refractivity contribution in [2.24, 2.45) is 5.10 Å². The van der Waals surface area contributed by atoms with Crippen molar-refractivity contribution in [1.82, 2.24) is 10.7 Å². The maximum absolute atomic E-state index is 5.27. The smallest absolute Gasteiger partial charge is 0.187 e. The molecule has 0 saturated heterocycles. The third-order valence-electron chi connectivity index (χ3n) is 3.81. The van der Waals surface area contributed by atoms with Crippen LogP contribution in [0.5, 0.6) is 0 Å². The van der Waals surface area contributed by atoms with Gasteiger partial charge in [-0.15, -0.1) is 0 Å². The average Bonchev–Trinajstić information content (AvgIpc) is 2.59. The van der Waals surface area contributed by atoms with E-state index < -0.39 is 0 Å². The third kappa shape index (κ3) is 3.92. The zero-order valence-corrected chi connectivity index (χ0v) is 13.2. The van der Waals surface area contributed by atoms with Crippen LogP contribution in [0, 0.1) is 0 Å². The average molecular weight is 309 g/mol. The standard InChI is InChI=1S/C18H19N3S/c22-18(19-13-14-6-2-1-3-7-14)21-20-17-11-10-15-8-4-5-9-16(15)12-17/h1-9H,10-13H2,(H2,19,21,22)/b20-17+. The Morgan fingerprint density at radius 1 is 0.955 bits per heavy atom. The van der Waals surface area contributed by atoms with Gasteiger partial charge in [-0.25, -0.2) is 0 Å². The van der Waals surface area contributed by atoms with Crippen LogP contribution in [0.2, 0.25) is 0 Å². The molecule has 0 amide bonds. The fourth-order valence-corrected chi connectivity index (χ4v) is 2.72. The molecule has 0 heterocycles. The van der Waals surface area contributed by atoms with Crippen LogP contribution in [0.25, 0.3) is 0 Å². The summed E-state index contributed by atoms with van der Waals surface area (Å²) in [5.41, 5.74) is 8.13. The van der Waals surface area contributed by atoms with Gasteiger partial charge in [0, 0.05) is 18.7 Å². The first-order valence-electron chi connectivity index (χ1n) is 7.51. The summed E-state index contributed by atoms with van der Waals surface area (Å²) >= 11 is 5.27. The van der Waals surface area contributed by atoms with E-state index >= 15 is 0 Å². The van der Waals surface area contributed by atoms with Crippen molar-refractivity contribution in [1.29, 1.82) is 0 Å². The van der Waals surface area contributed by atoms with Gasteiger partial charge in [0.15, 0.2) is 5.11 Å². The van der Waals surface area contributed by atoms with Crippen LogP contribution in [0.3, 0.4) is 0 Å². The highest BCUT2D eigenvalue weighted by atomic mass is 32.1. The molecule has 112 valence electrons. The molecular formula is C18H19N3S. The predicted octanol–water partition coefficient (Wildman–Crippen LogP) is 3.20. The van der Waals surface area contributed by atoms with Crippen LogP contribution in [0.1, 0.15) is 23.1 Å². The number of thiocarbonyl (C=S) groups is 1. The lowest BCUT2D eigenvalue weighted by Gasteiger charge is -2.17. The molecule has 2 aromatic carbocycles. The van der Waals surface area contributed by atoms with Crippen molar-refractivity contribution in [3.05, 3.63) is 71.3 Å². The van der Waals surface area contributed by atoms with E-state index in [4.69, 9.17) is 12.2 Å². The Morgan fingerprint density at radius 3 is 2.50 bits per heavy atom. The summed E-state index contributed by atoms with van der Waals surface area (Å²) in [6.07, 6.45) is 2.96. The van der Waals surface area contributed by atoms with Gasteiger partial charge >= 0.3 is 0 Å². The molecule has 0 aliphatic heterocycles. The Hall–Kier alpha value is -2.20. The quantitative estimate of drug-likeness (QED) is 0.675. The first kappa shape index (κ1) is 14.7. The van der Waals surface area contributed by atoms with Gasteiger partial charge in [-0.1, -0.05) is 54.6 Å². The molecule has 2 aromatic rings. The van der Waals surface area contributed by atoms with Crippen LogP contribution in [0.4, 0.5) is 0 Å². The monoisotopic (exact) mass is 309 g/mol. The number of hydrogen-bond donors (Lipinski definition) is 2. The highest BCUT2D eigenvalue weighted by Gasteiger charge is 2.13. The molecule has 3 nitrogen and oxygen atoms in total. The van der Waals surface area contributed by atoms with E-state index in [0.29, 0.717) is 11.7 Å². The van der Waals surface area contributed by atoms with Crippen LogP contribution >= 0.6 is 12.2 Å². The fourth-order valence-electron chi connectivity index (χ4n) is 2.60. The van der Waals surface area contributed by atoms with E-state index in [2.05, 4.69) is 52.2 Å². The second-order valence-electron chi connectivity index (χ2n) is 5.40. The zero-order chi connectivity index (χ0) is 15.2. The van der Waals surface area contributed by atoms with Gasteiger partial charge in [0.2, 0.25) is 0 Å². The minimum atomic E-state index is 0.565. The fraction of sp³-hybridized carbons (Fsp3) is 0.222. The van der Waals surface area contributed by atoms with E-state index in [0.717, 1.165) is 25.0 Å². The molecule has 0 aromatic heterocycles. The zero-order valence-electron chi connectivity index (χ0n) is 12.4. The largest absolute Gasteiger partial charge is 0.357 e. The van der Waals surface area contributed by atoms with Crippen LogP contribution < -0.4 is 10.7 Å². The lowest BCUT2D eigenvalue weighted by molar-refractivity contribution is 0.851. The van der Waals surface area contributed by atoms with Crippen molar-refractivity contribution in [3.8, 4) is 0 Å². The Labute approximate surface area is 136 Å². The number of hydrazone groups is 1. The Bertz CT molecular complexity index is 680. The lowest BCUT2D eigenvalue weighted by atomic mass is 9.90. The molecule has 0 unspecified atom stereocenters. The molecule has 0 radical (unpaired) electrons. The van der Waals surface area contributed by atoms with Crippen molar-refractivity contribution in [2.75, 3.05) is 0 Å². The minimum absolute atomic E-state index is 0.565. The molecule has 0 atom stereocenters. The lowest BCUT2D eigenvalue weighted by Crippen LogP contribution is -2.32. The van der Waals surface area contributed by atoms with Crippen molar-refractivity contribution in [2.45, 2.75) is 25.8 Å². The molecule has 0 spiro atoms. The summed E-state index contributed by atoms with van der Waals surface area (Å²) < 4.78 is 0. The summed E-state index contributed by atoms with van der Waals surface area (Å²) in [5.74, 6) is 0. The SMILES string of the molecule is S=C(NCc1ccccc1)N/N=C1\CCc2ccccc2C1. The maximum Gasteiger partial charge on any atom is 0.187 e. The third-order valence-corrected chi connectivity index (χ3v) is 4.04. The predicted molar refractivity (Wildman–Crippen MR) is 94.9 cm³/mol. The number of nitrogens with zero attached hydrogens (tertiary/aromatic N) is 1. The molecule has 1 aliphatic rings. The number of nitrogens with one attached hydrogen (secondary N) is 2. The molecule has 22 heavy (non-hydrogen) atoms. The first-order chi connectivity index (χ1) is 10.8. The normalized spacial score (nSPS) is 15.2. The minimum Gasteiger partial charge on any atom is -0.357 e. The summed E-state index contributed by atoms with van der Waals surface area (Å²) in [6, 6.07) is 18.7. The summed E-state index contributed by atoms with van der Waals surface area (Å²) in [6.45, 7) is 0.709. The Morgan fingerprint density at radius 2 is 1.68 bits per heavy atom. The summed E-state index contributed by atoms with van der Waals surface area (Å²) in [7, 11) is 0. The van der Waals surface area contributed by atoms with Gasteiger partial charge in [-0.3, -0.25) is 5.43 Å². The summed E-state index contributed by atoms with van der Waals surface area (Å²) in [4.78, 5) is 0. The Balaban J connectivity index is 1.51. The molecular weight excluding hydrogens is 290 g/mol. The number of hydrogen-bond acceptors (Lipinski definition) is 2. The van der Waals surface area contributed by atoms with E-state index in [-0.39, 0.29) is 0 Å². The van der Waals surface area contributed by atoms with Crippen molar-refractivity contribution >= 4 is 23.0 Å². The second-order valence-corrected chi connectivity index (χ2v) is 5.81. The maximum atomic E-state index is 5.27. The molecule has 2 N–H and O–H groups in total.